The van der Waals surface area contributed by atoms with Gasteiger partial charge in [-0.1, -0.05) is 6.07 Å². The number of pyridine rings is 1. The second-order valence-electron chi connectivity index (χ2n) is 4.93. The van der Waals surface area contributed by atoms with Crippen LogP contribution in [0, 0.1) is 0 Å². The maximum absolute atomic E-state index is 12.3. The zero-order valence-electron chi connectivity index (χ0n) is 12.7. The predicted molar refractivity (Wildman–Crippen MR) is 90.4 cm³/mol. The minimum absolute atomic E-state index is 0.0636. The highest BCUT2D eigenvalue weighted by Gasteiger charge is 2.20. The van der Waals surface area contributed by atoms with Gasteiger partial charge in [-0.3, -0.25) is 9.78 Å². The molecule has 8 heteroatoms. The molecule has 1 N–H and O–H groups in total. The Morgan fingerprint density at radius 1 is 1.26 bits per heavy atom. The molecule has 2 rings (SSSR count). The van der Waals surface area contributed by atoms with Gasteiger partial charge in [0.15, 0.2) is 0 Å². The van der Waals surface area contributed by atoms with Gasteiger partial charge >= 0.3 is 0 Å². The zero-order chi connectivity index (χ0) is 17.0. The lowest BCUT2D eigenvalue weighted by molar-refractivity contribution is 0.0949. The number of nitrogens with one attached hydrogen (secondary N) is 1. The van der Waals surface area contributed by atoms with Crippen molar-refractivity contribution in [3.8, 4) is 0 Å². The Labute approximate surface area is 143 Å². The predicted octanol–water partition coefficient (Wildman–Crippen LogP) is 2.02. The first kappa shape index (κ1) is 17.6. The van der Waals surface area contributed by atoms with E-state index in [4.69, 9.17) is 0 Å². The molecule has 0 radical (unpaired) electrons. The number of hydrogen-bond donors (Lipinski definition) is 1. The van der Waals surface area contributed by atoms with E-state index in [-0.39, 0.29) is 22.9 Å². The van der Waals surface area contributed by atoms with Gasteiger partial charge in [0.25, 0.3) is 5.91 Å². The smallest absolute Gasteiger partial charge is 0.252 e. The summed E-state index contributed by atoms with van der Waals surface area (Å²) in [6.07, 6.45) is 1.64. The third-order valence-corrected chi connectivity index (χ3v) is 5.62. The number of benzene rings is 1. The van der Waals surface area contributed by atoms with Crippen molar-refractivity contribution in [3.63, 3.8) is 0 Å². The topological polar surface area (TPSA) is 79.4 Å². The fourth-order valence-corrected chi connectivity index (χ4v) is 3.17. The molecule has 0 saturated carbocycles. The lowest BCUT2D eigenvalue weighted by atomic mass is 10.2. The van der Waals surface area contributed by atoms with Gasteiger partial charge in [-0.15, -0.1) is 0 Å². The highest BCUT2D eigenvalue weighted by molar-refractivity contribution is 9.10. The van der Waals surface area contributed by atoms with Crippen LogP contribution in [0.3, 0.4) is 0 Å². The Balaban J connectivity index is 2.23. The van der Waals surface area contributed by atoms with Crippen LogP contribution in [-0.2, 0) is 16.6 Å². The second kappa shape index (κ2) is 7.20. The largest absolute Gasteiger partial charge is 0.346 e. The van der Waals surface area contributed by atoms with Crippen LogP contribution < -0.4 is 5.32 Å². The van der Waals surface area contributed by atoms with Crippen LogP contribution in [0.1, 0.15) is 16.1 Å². The van der Waals surface area contributed by atoms with Crippen molar-refractivity contribution < 1.29 is 13.2 Å². The summed E-state index contributed by atoms with van der Waals surface area (Å²) < 4.78 is 26.0. The average Bonchev–Trinajstić information content (AvgIpc) is 2.53. The van der Waals surface area contributed by atoms with Crippen LogP contribution in [0.15, 0.2) is 52.0 Å². The van der Waals surface area contributed by atoms with Gasteiger partial charge in [0.1, 0.15) is 0 Å². The number of amides is 1. The van der Waals surface area contributed by atoms with Gasteiger partial charge < -0.3 is 5.32 Å². The molecule has 0 aliphatic heterocycles. The van der Waals surface area contributed by atoms with Crippen LogP contribution in [0.5, 0.6) is 0 Å². The number of hydrogen-bond acceptors (Lipinski definition) is 4. The Bertz CT molecular complexity index is 808. The number of sulfonamides is 1. The molecule has 0 spiro atoms. The molecule has 0 saturated heterocycles. The first-order valence-electron chi connectivity index (χ1n) is 6.72. The molecule has 0 atom stereocenters. The maximum atomic E-state index is 12.3. The van der Waals surface area contributed by atoms with Crippen molar-refractivity contribution in [2.75, 3.05) is 14.1 Å². The SMILES string of the molecule is CN(C)S(=O)(=O)c1ccc(Br)c(C(=O)NCc2ccccn2)c1. The Morgan fingerprint density at radius 3 is 2.61 bits per heavy atom. The number of carbonyl (C=O) groups excluding carboxylic acids is 1. The van der Waals surface area contributed by atoms with E-state index in [9.17, 15) is 13.2 Å². The van der Waals surface area contributed by atoms with E-state index in [0.717, 1.165) is 4.31 Å². The fourth-order valence-electron chi connectivity index (χ4n) is 1.82. The van der Waals surface area contributed by atoms with Gasteiger partial charge in [0.2, 0.25) is 10.0 Å². The van der Waals surface area contributed by atoms with Crippen molar-refractivity contribution in [1.82, 2.24) is 14.6 Å². The van der Waals surface area contributed by atoms with E-state index in [1.54, 1.807) is 24.4 Å². The molecule has 6 nitrogen and oxygen atoms in total. The number of rotatable bonds is 5. The fraction of sp³-hybridized carbons (Fsp3) is 0.200. The average molecular weight is 398 g/mol. The Hall–Kier alpha value is -1.77. The van der Waals surface area contributed by atoms with Crippen LogP contribution >= 0.6 is 15.9 Å². The summed E-state index contributed by atoms with van der Waals surface area (Å²) in [6, 6.07) is 9.77. The first-order valence-corrected chi connectivity index (χ1v) is 8.96. The molecular weight excluding hydrogens is 382 g/mol. The molecule has 2 aromatic rings. The maximum Gasteiger partial charge on any atom is 0.252 e. The molecule has 1 aromatic carbocycles. The van der Waals surface area contributed by atoms with E-state index in [0.29, 0.717) is 10.2 Å². The van der Waals surface area contributed by atoms with E-state index in [2.05, 4.69) is 26.2 Å². The standard InChI is InChI=1S/C15H16BrN3O3S/c1-19(2)23(21,22)12-6-7-14(16)13(9-12)15(20)18-10-11-5-3-4-8-17-11/h3-9H,10H2,1-2H3,(H,18,20). The van der Waals surface area contributed by atoms with Gasteiger partial charge in [-0.2, -0.15) is 0 Å². The van der Waals surface area contributed by atoms with Crippen molar-refractivity contribution >= 4 is 31.9 Å². The van der Waals surface area contributed by atoms with Crippen molar-refractivity contribution in [3.05, 3.63) is 58.3 Å². The molecular formula is C15H16BrN3O3S. The third kappa shape index (κ3) is 4.15. The third-order valence-electron chi connectivity index (χ3n) is 3.12. The van der Waals surface area contributed by atoms with Crippen LogP contribution in [0.2, 0.25) is 0 Å². The Morgan fingerprint density at radius 2 is 2.00 bits per heavy atom. The first-order chi connectivity index (χ1) is 10.8. The lowest BCUT2D eigenvalue weighted by Gasteiger charge is -2.13. The number of halogens is 1. The van der Waals surface area contributed by atoms with Crippen LogP contribution in [-0.4, -0.2) is 37.7 Å². The molecule has 1 aromatic heterocycles. The van der Waals surface area contributed by atoms with Gasteiger partial charge in [-0.25, -0.2) is 12.7 Å². The Kier molecular flexibility index (Phi) is 5.51. The van der Waals surface area contributed by atoms with Crippen molar-refractivity contribution in [2.24, 2.45) is 0 Å². The molecule has 0 unspecified atom stereocenters. The van der Waals surface area contributed by atoms with Crippen molar-refractivity contribution in [1.29, 1.82) is 0 Å². The summed E-state index contributed by atoms with van der Waals surface area (Å²) in [5.74, 6) is -0.377. The molecule has 1 amide bonds. The summed E-state index contributed by atoms with van der Waals surface area (Å²) in [5, 5.41) is 2.72. The highest BCUT2D eigenvalue weighted by atomic mass is 79.9. The zero-order valence-corrected chi connectivity index (χ0v) is 15.1. The van der Waals surface area contributed by atoms with Gasteiger partial charge in [0.05, 0.1) is 22.7 Å². The number of nitrogens with zero attached hydrogens (tertiary/aromatic N) is 2. The summed E-state index contributed by atoms with van der Waals surface area (Å²) >= 11 is 3.28. The van der Waals surface area contributed by atoms with Gasteiger partial charge in [0, 0.05) is 24.8 Å². The normalized spacial score (nSPS) is 11.5. The molecule has 0 fully saturated rings. The number of aromatic nitrogens is 1. The molecule has 0 aliphatic carbocycles. The molecule has 1 heterocycles. The number of carbonyl (C=O) groups is 1. The van der Waals surface area contributed by atoms with Crippen LogP contribution in [0.4, 0.5) is 0 Å². The van der Waals surface area contributed by atoms with E-state index in [1.807, 2.05) is 6.07 Å². The highest BCUT2D eigenvalue weighted by Crippen LogP contribution is 2.22. The molecule has 122 valence electrons. The summed E-state index contributed by atoms with van der Waals surface area (Å²) in [6.45, 7) is 0.261. The minimum atomic E-state index is -3.60. The van der Waals surface area contributed by atoms with E-state index >= 15 is 0 Å². The summed E-state index contributed by atoms with van der Waals surface area (Å²) in [7, 11) is -0.711. The summed E-state index contributed by atoms with van der Waals surface area (Å²) in [4.78, 5) is 16.5. The molecule has 0 bridgehead atoms. The summed E-state index contributed by atoms with van der Waals surface area (Å²) in [5.41, 5.74) is 0.970. The second-order valence-corrected chi connectivity index (χ2v) is 7.94. The quantitative estimate of drug-likeness (QED) is 0.836. The minimum Gasteiger partial charge on any atom is -0.346 e. The lowest BCUT2D eigenvalue weighted by Crippen LogP contribution is -2.25. The van der Waals surface area contributed by atoms with Crippen molar-refractivity contribution in [2.45, 2.75) is 11.4 Å². The van der Waals surface area contributed by atoms with Gasteiger partial charge in [-0.05, 0) is 46.3 Å². The monoisotopic (exact) mass is 397 g/mol. The van der Waals surface area contributed by atoms with E-state index in [1.165, 1.54) is 26.2 Å². The molecule has 0 aliphatic rings. The molecule has 23 heavy (non-hydrogen) atoms. The van der Waals surface area contributed by atoms with Crippen LogP contribution in [0.25, 0.3) is 0 Å². The van der Waals surface area contributed by atoms with E-state index < -0.39 is 10.0 Å².